The van der Waals surface area contributed by atoms with E-state index in [2.05, 4.69) is 42.5 Å². The normalized spacial score (nSPS) is 14.2. The summed E-state index contributed by atoms with van der Waals surface area (Å²) in [5.74, 6) is 0. The van der Waals surface area contributed by atoms with Crippen molar-refractivity contribution < 1.29 is 0 Å². The molecule has 1 aromatic carbocycles. The molecule has 0 unspecified atom stereocenters. The molecule has 1 heterocycles. The minimum atomic E-state index is 1.11. The third-order valence-electron chi connectivity index (χ3n) is 2.79. The molecule has 0 saturated heterocycles. The quantitative estimate of drug-likeness (QED) is 0.781. The average molecular weight is 190 g/mol. The molecule has 1 aromatic rings. The summed E-state index contributed by atoms with van der Waals surface area (Å²) in [6, 6.07) is 6.60. The highest BCUT2D eigenvalue weighted by Gasteiger charge is 2.12. The molecule has 76 valence electrons. The standard InChI is InChI=1S/C12H18N2/c1-14(2)9-7-10-4-3-5-12-11(10)6-8-13-12/h3-5,13H,6-9H2,1-2H3. The molecule has 0 amide bonds. The molecule has 2 nitrogen and oxygen atoms in total. The van der Waals surface area contributed by atoms with Crippen molar-refractivity contribution in [2.45, 2.75) is 12.8 Å². The minimum absolute atomic E-state index is 1.11. The second-order valence-electron chi connectivity index (χ2n) is 4.17. The van der Waals surface area contributed by atoms with Crippen LogP contribution in [0.1, 0.15) is 11.1 Å². The highest BCUT2D eigenvalue weighted by molar-refractivity contribution is 5.58. The number of rotatable bonds is 3. The lowest BCUT2D eigenvalue weighted by Gasteiger charge is -2.11. The van der Waals surface area contributed by atoms with Crippen LogP contribution >= 0.6 is 0 Å². The van der Waals surface area contributed by atoms with Crippen molar-refractivity contribution in [1.82, 2.24) is 4.90 Å². The summed E-state index contributed by atoms with van der Waals surface area (Å²) < 4.78 is 0. The van der Waals surface area contributed by atoms with Crippen molar-refractivity contribution in [2.75, 3.05) is 32.5 Å². The van der Waals surface area contributed by atoms with E-state index in [0.29, 0.717) is 0 Å². The van der Waals surface area contributed by atoms with E-state index in [4.69, 9.17) is 0 Å². The predicted molar refractivity (Wildman–Crippen MR) is 60.9 cm³/mol. The Morgan fingerprint density at radius 1 is 1.36 bits per heavy atom. The SMILES string of the molecule is CN(C)CCc1cccc2c1CCN2. The Hall–Kier alpha value is -1.02. The fraction of sp³-hybridized carbons (Fsp3) is 0.500. The fourth-order valence-corrected chi connectivity index (χ4v) is 2.00. The highest BCUT2D eigenvalue weighted by atomic mass is 15.0. The number of hydrogen-bond donors (Lipinski definition) is 1. The summed E-state index contributed by atoms with van der Waals surface area (Å²) in [4.78, 5) is 2.24. The van der Waals surface area contributed by atoms with Crippen LogP contribution in [0.4, 0.5) is 5.69 Å². The van der Waals surface area contributed by atoms with Crippen molar-refractivity contribution in [3.05, 3.63) is 29.3 Å². The zero-order valence-corrected chi connectivity index (χ0v) is 9.01. The lowest BCUT2D eigenvalue weighted by Crippen LogP contribution is -2.15. The van der Waals surface area contributed by atoms with E-state index in [-0.39, 0.29) is 0 Å². The second-order valence-corrected chi connectivity index (χ2v) is 4.17. The van der Waals surface area contributed by atoms with Gasteiger partial charge in [0.1, 0.15) is 0 Å². The molecule has 0 spiro atoms. The molecular formula is C12H18N2. The van der Waals surface area contributed by atoms with Gasteiger partial charge in [0.2, 0.25) is 0 Å². The summed E-state index contributed by atoms with van der Waals surface area (Å²) in [7, 11) is 4.25. The van der Waals surface area contributed by atoms with Crippen LogP contribution in [-0.4, -0.2) is 32.1 Å². The smallest absolute Gasteiger partial charge is 0.0376 e. The van der Waals surface area contributed by atoms with Crippen molar-refractivity contribution in [1.29, 1.82) is 0 Å². The summed E-state index contributed by atoms with van der Waals surface area (Å²) >= 11 is 0. The van der Waals surface area contributed by atoms with Crippen LogP contribution in [-0.2, 0) is 12.8 Å². The van der Waals surface area contributed by atoms with Crippen molar-refractivity contribution in [3.8, 4) is 0 Å². The Labute approximate surface area is 85.9 Å². The Morgan fingerprint density at radius 3 is 3.00 bits per heavy atom. The molecule has 0 atom stereocenters. The van der Waals surface area contributed by atoms with Crippen molar-refractivity contribution in [3.63, 3.8) is 0 Å². The highest BCUT2D eigenvalue weighted by Crippen LogP contribution is 2.25. The van der Waals surface area contributed by atoms with Crippen LogP contribution in [0, 0.1) is 0 Å². The van der Waals surface area contributed by atoms with Gasteiger partial charge >= 0.3 is 0 Å². The zero-order valence-electron chi connectivity index (χ0n) is 9.01. The Balaban J connectivity index is 2.14. The molecule has 1 aliphatic heterocycles. The van der Waals surface area contributed by atoms with Gasteiger partial charge < -0.3 is 10.2 Å². The molecule has 2 rings (SSSR count). The number of hydrogen-bond acceptors (Lipinski definition) is 2. The van der Waals surface area contributed by atoms with Crippen LogP contribution in [0.2, 0.25) is 0 Å². The maximum atomic E-state index is 3.41. The molecule has 0 fully saturated rings. The van der Waals surface area contributed by atoms with Gasteiger partial charge in [0.05, 0.1) is 0 Å². The maximum absolute atomic E-state index is 3.41. The number of benzene rings is 1. The van der Waals surface area contributed by atoms with E-state index in [0.717, 1.165) is 19.5 Å². The number of likely N-dealkylation sites (N-methyl/N-ethyl adjacent to an activating group) is 1. The van der Waals surface area contributed by atoms with Crippen molar-refractivity contribution in [2.24, 2.45) is 0 Å². The first-order chi connectivity index (χ1) is 6.77. The van der Waals surface area contributed by atoms with Gasteiger partial charge in [-0.3, -0.25) is 0 Å². The largest absolute Gasteiger partial charge is 0.384 e. The van der Waals surface area contributed by atoms with E-state index in [9.17, 15) is 0 Å². The van der Waals surface area contributed by atoms with Gasteiger partial charge in [0, 0.05) is 18.8 Å². The molecule has 2 heteroatoms. The van der Waals surface area contributed by atoms with E-state index >= 15 is 0 Å². The van der Waals surface area contributed by atoms with E-state index in [1.165, 1.54) is 23.2 Å². The molecule has 0 radical (unpaired) electrons. The lowest BCUT2D eigenvalue weighted by molar-refractivity contribution is 0.413. The van der Waals surface area contributed by atoms with E-state index in [1.807, 2.05) is 0 Å². The maximum Gasteiger partial charge on any atom is 0.0376 e. The van der Waals surface area contributed by atoms with Crippen LogP contribution in [0.25, 0.3) is 0 Å². The summed E-state index contributed by atoms with van der Waals surface area (Å²) in [6.45, 7) is 2.24. The van der Waals surface area contributed by atoms with Gasteiger partial charge in [0.15, 0.2) is 0 Å². The zero-order chi connectivity index (χ0) is 9.97. The molecule has 14 heavy (non-hydrogen) atoms. The summed E-state index contributed by atoms with van der Waals surface area (Å²) in [5.41, 5.74) is 4.40. The molecule has 1 aliphatic rings. The Morgan fingerprint density at radius 2 is 2.21 bits per heavy atom. The summed E-state index contributed by atoms with van der Waals surface area (Å²) in [5, 5.41) is 3.41. The van der Waals surface area contributed by atoms with Gasteiger partial charge in [-0.25, -0.2) is 0 Å². The van der Waals surface area contributed by atoms with Crippen LogP contribution in [0.15, 0.2) is 18.2 Å². The van der Waals surface area contributed by atoms with E-state index in [1.54, 1.807) is 0 Å². The average Bonchev–Trinajstić information content (AvgIpc) is 2.62. The number of nitrogens with zero attached hydrogens (tertiary/aromatic N) is 1. The Bertz CT molecular complexity index is 318. The molecule has 0 aromatic heterocycles. The first-order valence-electron chi connectivity index (χ1n) is 5.27. The fourth-order valence-electron chi connectivity index (χ4n) is 2.00. The molecule has 0 aliphatic carbocycles. The Kier molecular flexibility index (Phi) is 2.73. The van der Waals surface area contributed by atoms with Gasteiger partial charge in [0.25, 0.3) is 0 Å². The number of anilines is 1. The third kappa shape index (κ3) is 1.90. The van der Waals surface area contributed by atoms with Crippen LogP contribution in [0.3, 0.4) is 0 Å². The molecule has 0 saturated carbocycles. The van der Waals surface area contributed by atoms with Crippen LogP contribution < -0.4 is 5.32 Å². The first-order valence-corrected chi connectivity index (χ1v) is 5.27. The van der Waals surface area contributed by atoms with E-state index < -0.39 is 0 Å². The summed E-state index contributed by atoms with van der Waals surface area (Å²) in [6.07, 6.45) is 2.36. The lowest BCUT2D eigenvalue weighted by atomic mass is 10.0. The predicted octanol–water partition coefficient (Wildman–Crippen LogP) is 1.76. The second kappa shape index (κ2) is 4.01. The topological polar surface area (TPSA) is 15.3 Å². The molecular weight excluding hydrogens is 172 g/mol. The first kappa shape index (κ1) is 9.53. The number of nitrogens with one attached hydrogen (secondary N) is 1. The van der Waals surface area contributed by atoms with Gasteiger partial charge in [-0.05, 0) is 44.1 Å². The van der Waals surface area contributed by atoms with Gasteiger partial charge in [-0.15, -0.1) is 0 Å². The van der Waals surface area contributed by atoms with Crippen molar-refractivity contribution >= 4 is 5.69 Å². The number of fused-ring (bicyclic) bond motifs is 1. The van der Waals surface area contributed by atoms with Crippen LogP contribution in [0.5, 0.6) is 0 Å². The third-order valence-corrected chi connectivity index (χ3v) is 2.79. The monoisotopic (exact) mass is 190 g/mol. The molecule has 1 N–H and O–H groups in total. The van der Waals surface area contributed by atoms with Gasteiger partial charge in [-0.2, -0.15) is 0 Å². The molecule has 0 bridgehead atoms. The van der Waals surface area contributed by atoms with Gasteiger partial charge in [-0.1, -0.05) is 12.1 Å². The minimum Gasteiger partial charge on any atom is -0.384 e.